The molecule has 0 aliphatic heterocycles. The van der Waals surface area contributed by atoms with E-state index in [2.05, 4.69) is 15.3 Å². The van der Waals surface area contributed by atoms with E-state index >= 15 is 0 Å². The average molecular weight is 299 g/mol. The van der Waals surface area contributed by atoms with Crippen molar-refractivity contribution in [3.05, 3.63) is 22.6 Å². The van der Waals surface area contributed by atoms with E-state index in [0.717, 1.165) is 0 Å². The molecule has 112 valence electrons. The first kappa shape index (κ1) is 16.7. The fourth-order valence-corrected chi connectivity index (χ4v) is 2.66. The molecule has 0 fully saturated rings. The summed E-state index contributed by atoms with van der Waals surface area (Å²) < 4.78 is 5.11. The van der Waals surface area contributed by atoms with Crippen LogP contribution in [0.1, 0.15) is 27.7 Å². The minimum atomic E-state index is -0.830. The number of hydrogen-bond donors (Lipinski definition) is 2. The summed E-state index contributed by atoms with van der Waals surface area (Å²) in [4.78, 5) is 30.0. The van der Waals surface area contributed by atoms with Gasteiger partial charge in [-0.05, 0) is 27.7 Å². The van der Waals surface area contributed by atoms with Gasteiger partial charge in [0.1, 0.15) is 5.54 Å². The number of H-pyrrole nitrogens is 1. The first-order valence-electron chi connectivity index (χ1n) is 6.50. The van der Waals surface area contributed by atoms with Crippen LogP contribution in [0.25, 0.3) is 0 Å². The molecule has 0 amide bonds. The van der Waals surface area contributed by atoms with E-state index in [1.165, 1.54) is 24.0 Å². The molecule has 0 saturated heterocycles. The van der Waals surface area contributed by atoms with Gasteiger partial charge in [-0.2, -0.15) is 0 Å². The van der Waals surface area contributed by atoms with Crippen LogP contribution in [0.15, 0.2) is 22.2 Å². The van der Waals surface area contributed by atoms with Crippen molar-refractivity contribution in [3.63, 3.8) is 0 Å². The van der Waals surface area contributed by atoms with E-state index in [4.69, 9.17) is 4.74 Å². The first-order chi connectivity index (χ1) is 9.37. The largest absolute Gasteiger partial charge is 0.465 e. The maximum Gasteiger partial charge on any atom is 0.326 e. The highest BCUT2D eigenvalue weighted by atomic mass is 32.2. The van der Waals surface area contributed by atoms with Crippen LogP contribution in [0.3, 0.4) is 0 Å². The van der Waals surface area contributed by atoms with Crippen molar-refractivity contribution in [2.24, 2.45) is 0 Å². The number of ether oxygens (including phenoxy) is 1. The summed E-state index contributed by atoms with van der Waals surface area (Å²) >= 11 is 1.31. The minimum Gasteiger partial charge on any atom is -0.465 e. The molecule has 0 aliphatic rings. The maximum absolute atomic E-state index is 12.1. The molecule has 1 atom stereocenters. The Morgan fingerprint density at radius 3 is 2.85 bits per heavy atom. The van der Waals surface area contributed by atoms with Gasteiger partial charge in [0.2, 0.25) is 0 Å². The molecule has 0 saturated carbocycles. The lowest BCUT2D eigenvalue weighted by molar-refractivity contribution is -0.149. The third kappa shape index (κ3) is 4.97. The van der Waals surface area contributed by atoms with E-state index in [9.17, 15) is 9.59 Å². The zero-order valence-electron chi connectivity index (χ0n) is 12.2. The van der Waals surface area contributed by atoms with Crippen LogP contribution in [0.4, 0.5) is 0 Å². The van der Waals surface area contributed by atoms with Gasteiger partial charge in [-0.1, -0.05) is 11.8 Å². The molecule has 1 aromatic rings. The summed E-state index contributed by atoms with van der Waals surface area (Å²) in [6, 6.07) is 1.48. The zero-order valence-corrected chi connectivity index (χ0v) is 13.0. The summed E-state index contributed by atoms with van der Waals surface area (Å²) in [7, 11) is 0. The number of carbonyl (C=O) groups excluding carboxylic acids is 1. The van der Waals surface area contributed by atoms with Crippen LogP contribution in [0.2, 0.25) is 0 Å². The van der Waals surface area contributed by atoms with Gasteiger partial charge in [-0.25, -0.2) is 4.98 Å². The Kier molecular flexibility index (Phi) is 6.22. The quantitative estimate of drug-likeness (QED) is 0.447. The van der Waals surface area contributed by atoms with Gasteiger partial charge in [0, 0.05) is 24.1 Å². The number of aromatic nitrogens is 2. The van der Waals surface area contributed by atoms with Crippen molar-refractivity contribution in [3.8, 4) is 0 Å². The van der Waals surface area contributed by atoms with Crippen LogP contribution in [0, 0.1) is 0 Å². The van der Waals surface area contributed by atoms with E-state index in [1.807, 2.05) is 13.8 Å². The van der Waals surface area contributed by atoms with Gasteiger partial charge in [-0.3, -0.25) is 14.9 Å². The molecule has 2 N–H and O–H groups in total. The lowest BCUT2D eigenvalue weighted by atomic mass is 10.0. The third-order valence-corrected chi connectivity index (χ3v) is 3.68. The Bertz CT molecular complexity index is 504. The molecular weight excluding hydrogens is 278 g/mol. The molecule has 7 heteroatoms. The highest BCUT2D eigenvalue weighted by Crippen LogP contribution is 2.20. The Labute approximate surface area is 122 Å². The summed E-state index contributed by atoms with van der Waals surface area (Å²) in [5.41, 5.74) is -1.04. The Hall–Kier alpha value is -1.34. The van der Waals surface area contributed by atoms with Crippen molar-refractivity contribution in [1.82, 2.24) is 15.3 Å². The number of nitrogens with zero attached hydrogens (tertiary/aromatic N) is 1. The molecule has 6 nitrogen and oxygen atoms in total. The molecule has 1 unspecified atom stereocenters. The molecule has 1 rings (SSSR count). The van der Waals surface area contributed by atoms with Gasteiger partial charge in [-0.15, -0.1) is 0 Å². The van der Waals surface area contributed by atoms with E-state index < -0.39 is 5.54 Å². The molecule has 0 aliphatic carbocycles. The Balaban J connectivity index is 2.79. The monoisotopic (exact) mass is 299 g/mol. The molecule has 0 bridgehead atoms. The normalized spacial score (nSPS) is 14.1. The van der Waals surface area contributed by atoms with Gasteiger partial charge >= 0.3 is 5.97 Å². The van der Waals surface area contributed by atoms with Gasteiger partial charge in [0.15, 0.2) is 5.16 Å². The molecule has 0 aromatic carbocycles. The Morgan fingerprint density at radius 2 is 2.30 bits per heavy atom. The number of nitrogens with one attached hydrogen (secondary N) is 2. The predicted octanol–water partition coefficient (Wildman–Crippen LogP) is 1.18. The molecular formula is C13H21N3O3S. The maximum atomic E-state index is 12.1. The number of thioether (sulfide) groups is 1. The molecule has 1 aromatic heterocycles. The van der Waals surface area contributed by atoms with Crippen molar-refractivity contribution in [1.29, 1.82) is 0 Å². The molecule has 0 spiro atoms. The van der Waals surface area contributed by atoms with Crippen LogP contribution >= 0.6 is 11.8 Å². The summed E-state index contributed by atoms with van der Waals surface area (Å²) in [6.07, 6.45) is 1.44. The molecule has 0 radical (unpaired) electrons. The second-order valence-corrected chi connectivity index (χ2v) is 5.84. The van der Waals surface area contributed by atoms with E-state index in [1.54, 1.807) is 13.8 Å². The van der Waals surface area contributed by atoms with Crippen LogP contribution < -0.4 is 10.9 Å². The summed E-state index contributed by atoms with van der Waals surface area (Å²) in [6.45, 7) is 7.82. The van der Waals surface area contributed by atoms with Crippen molar-refractivity contribution in [2.75, 3.05) is 12.4 Å². The third-order valence-electron chi connectivity index (χ3n) is 2.48. The smallest absolute Gasteiger partial charge is 0.326 e. The molecule has 20 heavy (non-hydrogen) atoms. The van der Waals surface area contributed by atoms with Crippen LogP contribution in [-0.2, 0) is 9.53 Å². The number of rotatable bonds is 7. The van der Waals surface area contributed by atoms with Gasteiger partial charge in [0.05, 0.1) is 6.61 Å². The SMILES string of the molecule is CCOC(=O)C(C)(CSc1nccc(=O)[nH]1)NC(C)C. The van der Waals surface area contributed by atoms with Crippen molar-refractivity contribution < 1.29 is 9.53 Å². The van der Waals surface area contributed by atoms with Crippen molar-refractivity contribution in [2.45, 2.75) is 44.4 Å². The van der Waals surface area contributed by atoms with E-state index in [0.29, 0.717) is 17.5 Å². The lowest BCUT2D eigenvalue weighted by Gasteiger charge is -2.30. The number of aromatic amines is 1. The standard InChI is InChI=1S/C13H21N3O3S/c1-5-19-11(18)13(4,16-9(2)3)8-20-12-14-7-6-10(17)15-12/h6-7,9,16H,5,8H2,1-4H3,(H,14,15,17). The fourth-order valence-electron chi connectivity index (χ4n) is 1.73. The predicted molar refractivity (Wildman–Crippen MR) is 78.9 cm³/mol. The average Bonchev–Trinajstić information content (AvgIpc) is 2.36. The highest BCUT2D eigenvalue weighted by molar-refractivity contribution is 7.99. The number of carbonyl (C=O) groups is 1. The number of esters is 1. The van der Waals surface area contributed by atoms with Gasteiger partial charge in [0.25, 0.3) is 5.56 Å². The first-order valence-corrected chi connectivity index (χ1v) is 7.49. The van der Waals surface area contributed by atoms with Gasteiger partial charge < -0.3 is 9.72 Å². The minimum absolute atomic E-state index is 0.132. The fraction of sp³-hybridized carbons (Fsp3) is 0.615. The van der Waals surface area contributed by atoms with Crippen LogP contribution in [-0.4, -0.2) is 39.9 Å². The Morgan fingerprint density at radius 1 is 1.60 bits per heavy atom. The highest BCUT2D eigenvalue weighted by Gasteiger charge is 2.35. The number of hydrogen-bond acceptors (Lipinski definition) is 6. The summed E-state index contributed by atoms with van der Waals surface area (Å²) in [5, 5.41) is 3.70. The van der Waals surface area contributed by atoms with Crippen molar-refractivity contribution >= 4 is 17.7 Å². The second kappa shape index (κ2) is 7.44. The van der Waals surface area contributed by atoms with E-state index in [-0.39, 0.29) is 17.6 Å². The topological polar surface area (TPSA) is 84.1 Å². The zero-order chi connectivity index (χ0) is 15.2. The summed E-state index contributed by atoms with van der Waals surface area (Å²) in [5.74, 6) is 0.108. The van der Waals surface area contributed by atoms with Crippen LogP contribution in [0.5, 0.6) is 0 Å². The lowest BCUT2D eigenvalue weighted by Crippen LogP contribution is -2.55. The second-order valence-electron chi connectivity index (χ2n) is 4.88. The molecule has 1 heterocycles.